The molecule has 0 unspecified atom stereocenters. The van der Waals surface area contributed by atoms with Crippen LogP contribution < -0.4 is 0 Å². The lowest BCUT2D eigenvalue weighted by Crippen LogP contribution is -2.43. The molecule has 33 heavy (non-hydrogen) atoms. The number of halogens is 2. The van der Waals surface area contributed by atoms with Gasteiger partial charge < -0.3 is 9.80 Å². The van der Waals surface area contributed by atoms with E-state index < -0.39 is 0 Å². The molecule has 7 heteroatoms. The van der Waals surface area contributed by atoms with Crippen molar-refractivity contribution in [2.75, 3.05) is 13.1 Å². The summed E-state index contributed by atoms with van der Waals surface area (Å²) in [6.07, 6.45) is 0. The molecule has 2 aromatic carbocycles. The fourth-order valence-electron chi connectivity index (χ4n) is 3.51. The minimum absolute atomic E-state index is 0.0187. The van der Waals surface area contributed by atoms with Crippen molar-refractivity contribution < 1.29 is 14.0 Å². The average Bonchev–Trinajstić information content (AvgIpc) is 3.17. The molecule has 0 fully saturated rings. The molecule has 3 aromatic rings. The fourth-order valence-corrected chi connectivity index (χ4v) is 4.83. The predicted octanol–water partition coefficient (Wildman–Crippen LogP) is 6.29. The van der Waals surface area contributed by atoms with Crippen LogP contribution in [-0.2, 0) is 17.9 Å². The summed E-state index contributed by atoms with van der Waals surface area (Å²) in [7, 11) is 0. The molecule has 0 radical (unpaired) electrons. The summed E-state index contributed by atoms with van der Waals surface area (Å²) in [4.78, 5) is 31.2. The third-order valence-corrected chi connectivity index (χ3v) is 6.71. The van der Waals surface area contributed by atoms with Gasteiger partial charge in [0.1, 0.15) is 12.4 Å². The van der Waals surface area contributed by atoms with Crippen LogP contribution in [0.5, 0.6) is 0 Å². The number of carbonyl (C=O) groups is 2. The summed E-state index contributed by atoms with van der Waals surface area (Å²) in [6, 6.07) is 15.4. The Hall–Kier alpha value is -2.51. The van der Waals surface area contributed by atoms with E-state index in [2.05, 4.69) is 15.9 Å². The Kier molecular flexibility index (Phi) is 8.80. The molecule has 0 N–H and O–H groups in total. The van der Waals surface area contributed by atoms with Crippen LogP contribution in [0.2, 0.25) is 0 Å². The highest BCUT2D eigenvalue weighted by atomic mass is 79.9. The first-order valence-corrected chi connectivity index (χ1v) is 12.5. The highest BCUT2D eigenvalue weighted by molar-refractivity contribution is 9.10. The van der Waals surface area contributed by atoms with Crippen molar-refractivity contribution in [3.05, 3.63) is 91.8 Å². The lowest BCUT2D eigenvalue weighted by Gasteiger charge is -2.29. The molecule has 0 saturated heterocycles. The smallest absolute Gasteiger partial charge is 0.254 e. The molecule has 2 amide bonds. The van der Waals surface area contributed by atoms with Gasteiger partial charge >= 0.3 is 0 Å². The minimum Gasteiger partial charge on any atom is -0.332 e. The van der Waals surface area contributed by atoms with Gasteiger partial charge in [-0.05, 0) is 65.7 Å². The Morgan fingerprint density at radius 2 is 1.76 bits per heavy atom. The maximum absolute atomic E-state index is 13.5. The molecule has 174 valence electrons. The topological polar surface area (TPSA) is 40.6 Å². The highest BCUT2D eigenvalue weighted by Crippen LogP contribution is 2.21. The van der Waals surface area contributed by atoms with Crippen molar-refractivity contribution in [2.45, 2.75) is 33.9 Å². The van der Waals surface area contributed by atoms with E-state index in [1.807, 2.05) is 44.4 Å². The number of thiophene rings is 1. The number of hydrogen-bond donors (Lipinski definition) is 0. The van der Waals surface area contributed by atoms with Gasteiger partial charge in [-0.25, -0.2) is 4.39 Å². The van der Waals surface area contributed by atoms with Crippen LogP contribution in [0.1, 0.15) is 40.2 Å². The number of amides is 2. The Labute approximate surface area is 207 Å². The lowest BCUT2D eigenvalue weighted by molar-refractivity contribution is -0.133. The van der Waals surface area contributed by atoms with Crippen LogP contribution in [-0.4, -0.2) is 34.7 Å². The van der Waals surface area contributed by atoms with E-state index in [-0.39, 0.29) is 30.1 Å². The molecule has 1 heterocycles. The molecular weight excluding hydrogens is 503 g/mol. The van der Waals surface area contributed by atoms with Crippen LogP contribution in [0.4, 0.5) is 4.39 Å². The van der Waals surface area contributed by atoms with Crippen molar-refractivity contribution in [3.63, 3.8) is 0 Å². The maximum atomic E-state index is 13.5. The maximum Gasteiger partial charge on any atom is 0.254 e. The third-order valence-electron chi connectivity index (χ3n) is 5.21. The first-order chi connectivity index (χ1) is 15.7. The van der Waals surface area contributed by atoms with Crippen LogP contribution in [0.3, 0.4) is 0 Å². The molecule has 0 atom stereocenters. The van der Waals surface area contributed by atoms with Gasteiger partial charge in [0.15, 0.2) is 0 Å². The zero-order valence-corrected chi connectivity index (χ0v) is 21.5. The van der Waals surface area contributed by atoms with E-state index >= 15 is 0 Å². The third kappa shape index (κ3) is 7.24. The van der Waals surface area contributed by atoms with Crippen molar-refractivity contribution in [2.24, 2.45) is 5.92 Å². The highest BCUT2D eigenvalue weighted by Gasteiger charge is 2.24. The molecule has 3 rings (SSSR count). The average molecular weight is 531 g/mol. The molecule has 0 aliphatic rings. The Bertz CT molecular complexity index is 1100. The number of rotatable bonds is 9. The molecule has 0 bridgehead atoms. The second-order valence-electron chi connectivity index (χ2n) is 8.49. The first kappa shape index (κ1) is 25.1. The monoisotopic (exact) mass is 530 g/mol. The molecular formula is C26H28BrFN2O2S. The first-order valence-electron chi connectivity index (χ1n) is 10.8. The summed E-state index contributed by atoms with van der Waals surface area (Å²) >= 11 is 5.02. The molecule has 0 aliphatic heterocycles. The van der Waals surface area contributed by atoms with E-state index in [0.717, 1.165) is 20.5 Å². The van der Waals surface area contributed by atoms with E-state index in [1.54, 1.807) is 45.4 Å². The normalized spacial score (nSPS) is 11.0. The Balaban J connectivity index is 1.84. The van der Waals surface area contributed by atoms with Crippen LogP contribution in [0, 0.1) is 18.7 Å². The minimum atomic E-state index is -0.312. The largest absolute Gasteiger partial charge is 0.332 e. The SMILES string of the molecule is Cc1ccsc1CN(Cc1ccc(F)cc1)C(=O)CN(CC(C)C)C(=O)c1cccc(Br)c1. The van der Waals surface area contributed by atoms with Crippen molar-refractivity contribution in [1.82, 2.24) is 9.80 Å². The Morgan fingerprint density at radius 3 is 2.36 bits per heavy atom. The predicted molar refractivity (Wildman–Crippen MR) is 135 cm³/mol. The number of hydrogen-bond acceptors (Lipinski definition) is 3. The number of aryl methyl sites for hydroxylation is 1. The molecule has 0 spiro atoms. The fraction of sp³-hybridized carbons (Fsp3) is 0.308. The van der Waals surface area contributed by atoms with Crippen LogP contribution in [0.15, 0.2) is 64.5 Å². The van der Waals surface area contributed by atoms with E-state index in [0.29, 0.717) is 25.2 Å². The van der Waals surface area contributed by atoms with Gasteiger partial charge in [0.25, 0.3) is 5.91 Å². The summed E-state index contributed by atoms with van der Waals surface area (Å²) in [5, 5.41) is 2.01. The second kappa shape index (κ2) is 11.6. The summed E-state index contributed by atoms with van der Waals surface area (Å²) in [5.41, 5.74) is 2.51. The Morgan fingerprint density at radius 1 is 1.03 bits per heavy atom. The van der Waals surface area contributed by atoms with Gasteiger partial charge in [-0.15, -0.1) is 11.3 Å². The quantitative estimate of drug-likeness (QED) is 0.326. The number of benzene rings is 2. The van der Waals surface area contributed by atoms with Gasteiger partial charge in [0.05, 0.1) is 6.54 Å². The van der Waals surface area contributed by atoms with Crippen molar-refractivity contribution in [1.29, 1.82) is 0 Å². The van der Waals surface area contributed by atoms with Gasteiger partial charge in [-0.3, -0.25) is 9.59 Å². The number of nitrogens with zero attached hydrogens (tertiary/aromatic N) is 2. The zero-order valence-electron chi connectivity index (χ0n) is 19.1. The molecule has 0 aliphatic carbocycles. The van der Waals surface area contributed by atoms with E-state index in [9.17, 15) is 14.0 Å². The summed E-state index contributed by atoms with van der Waals surface area (Å²) in [5.74, 6) is -0.420. The van der Waals surface area contributed by atoms with E-state index in [4.69, 9.17) is 0 Å². The summed E-state index contributed by atoms with van der Waals surface area (Å²) < 4.78 is 14.2. The van der Waals surface area contributed by atoms with Crippen LogP contribution >= 0.6 is 27.3 Å². The zero-order chi connectivity index (χ0) is 24.0. The standard InChI is InChI=1S/C26H28BrFN2O2S/c1-18(2)14-30(26(32)21-5-4-6-22(27)13-21)17-25(31)29(16-24-19(3)11-12-33-24)15-20-7-9-23(28)10-8-20/h4-13,18H,14-17H2,1-3H3. The molecule has 0 saturated carbocycles. The van der Waals surface area contributed by atoms with Gasteiger partial charge in [-0.1, -0.05) is 48.0 Å². The second-order valence-corrected chi connectivity index (χ2v) is 10.4. The number of carbonyl (C=O) groups excluding carboxylic acids is 2. The van der Waals surface area contributed by atoms with Gasteiger partial charge in [0, 0.05) is 28.0 Å². The van der Waals surface area contributed by atoms with Crippen molar-refractivity contribution >= 4 is 39.1 Å². The summed E-state index contributed by atoms with van der Waals surface area (Å²) in [6.45, 7) is 7.31. The van der Waals surface area contributed by atoms with Crippen LogP contribution in [0.25, 0.3) is 0 Å². The van der Waals surface area contributed by atoms with Gasteiger partial charge in [0.2, 0.25) is 5.91 Å². The van der Waals surface area contributed by atoms with Gasteiger partial charge in [-0.2, -0.15) is 0 Å². The molecule has 4 nitrogen and oxygen atoms in total. The lowest BCUT2D eigenvalue weighted by atomic mass is 10.1. The molecule has 1 aromatic heterocycles. The van der Waals surface area contributed by atoms with Crippen molar-refractivity contribution in [3.8, 4) is 0 Å². The van der Waals surface area contributed by atoms with E-state index in [1.165, 1.54) is 12.1 Å².